The van der Waals surface area contributed by atoms with Gasteiger partial charge in [0.15, 0.2) is 0 Å². The summed E-state index contributed by atoms with van der Waals surface area (Å²) in [6.45, 7) is 2.16. The van der Waals surface area contributed by atoms with Crippen LogP contribution in [0.4, 0.5) is 0 Å². The molecular formula is C12H23NO3S. The molecule has 0 aliphatic heterocycles. The molecule has 2 N–H and O–H groups in total. The van der Waals surface area contributed by atoms with Crippen LogP contribution >= 0.6 is 11.8 Å². The number of methoxy groups -OCH3 is 1. The average Bonchev–Trinajstić information content (AvgIpc) is 3.11. The van der Waals surface area contributed by atoms with Gasteiger partial charge in [0.25, 0.3) is 0 Å². The molecule has 1 atom stereocenters. The number of ether oxygens (including phenoxy) is 1. The molecule has 0 aromatic rings. The van der Waals surface area contributed by atoms with Gasteiger partial charge in [-0.1, -0.05) is 0 Å². The number of thioether (sulfide) groups is 1. The molecule has 1 rings (SSSR count). The summed E-state index contributed by atoms with van der Waals surface area (Å²) in [6, 6.07) is 0.488. The fourth-order valence-corrected chi connectivity index (χ4v) is 2.77. The van der Waals surface area contributed by atoms with Crippen molar-refractivity contribution >= 4 is 17.7 Å². The molecule has 0 amide bonds. The van der Waals surface area contributed by atoms with Crippen LogP contribution in [0.1, 0.15) is 32.6 Å². The number of carbonyl (C=O) groups excluding carboxylic acids is 1. The Hall–Kier alpha value is -0.260. The van der Waals surface area contributed by atoms with E-state index in [0.717, 1.165) is 37.2 Å². The molecule has 17 heavy (non-hydrogen) atoms. The number of hydrogen-bond donors (Lipinski definition) is 2. The van der Waals surface area contributed by atoms with E-state index in [1.807, 2.05) is 6.92 Å². The predicted octanol–water partition coefficient (Wildman–Crippen LogP) is 1.18. The number of esters is 1. The zero-order chi connectivity index (χ0) is 12.7. The molecule has 100 valence electrons. The Kier molecular flexibility index (Phi) is 6.30. The highest BCUT2D eigenvalue weighted by molar-refractivity contribution is 7.99. The van der Waals surface area contributed by atoms with Gasteiger partial charge in [0.1, 0.15) is 5.54 Å². The Balaban J connectivity index is 2.31. The summed E-state index contributed by atoms with van der Waals surface area (Å²) in [7, 11) is 1.44. The van der Waals surface area contributed by atoms with Gasteiger partial charge in [0.05, 0.1) is 7.11 Å². The van der Waals surface area contributed by atoms with E-state index in [2.05, 4.69) is 5.32 Å². The maximum Gasteiger partial charge on any atom is 0.325 e. The highest BCUT2D eigenvalue weighted by atomic mass is 32.2. The summed E-state index contributed by atoms with van der Waals surface area (Å²) in [5, 5.41) is 12.1. The third-order valence-corrected chi connectivity index (χ3v) is 4.00. The van der Waals surface area contributed by atoms with Crippen molar-refractivity contribution in [1.29, 1.82) is 0 Å². The van der Waals surface area contributed by atoms with Gasteiger partial charge in [-0.3, -0.25) is 10.1 Å². The lowest BCUT2D eigenvalue weighted by molar-refractivity contribution is -0.148. The van der Waals surface area contributed by atoms with E-state index in [1.54, 1.807) is 11.8 Å². The largest absolute Gasteiger partial charge is 0.468 e. The van der Waals surface area contributed by atoms with Crippen molar-refractivity contribution in [1.82, 2.24) is 5.32 Å². The number of hydrogen-bond acceptors (Lipinski definition) is 5. The highest BCUT2D eigenvalue weighted by Gasteiger charge is 2.38. The summed E-state index contributed by atoms with van der Waals surface area (Å²) >= 11 is 1.77. The molecule has 1 unspecified atom stereocenters. The minimum absolute atomic E-state index is 0.174. The SMILES string of the molecule is COC(=O)C(C)(CCSCCCO)NC1CC1. The zero-order valence-corrected chi connectivity index (χ0v) is 11.5. The van der Waals surface area contributed by atoms with Crippen molar-refractivity contribution in [2.75, 3.05) is 25.2 Å². The molecule has 0 heterocycles. The summed E-state index contributed by atoms with van der Waals surface area (Å²) in [5.41, 5.74) is -0.553. The van der Waals surface area contributed by atoms with Crippen molar-refractivity contribution in [2.45, 2.75) is 44.2 Å². The van der Waals surface area contributed by atoms with Gasteiger partial charge in [-0.25, -0.2) is 0 Å². The van der Waals surface area contributed by atoms with E-state index in [4.69, 9.17) is 9.84 Å². The Morgan fingerprint density at radius 1 is 1.53 bits per heavy atom. The van der Waals surface area contributed by atoms with E-state index < -0.39 is 5.54 Å². The van der Waals surface area contributed by atoms with E-state index in [9.17, 15) is 4.79 Å². The lowest BCUT2D eigenvalue weighted by Crippen LogP contribution is -2.51. The molecule has 0 saturated heterocycles. The van der Waals surface area contributed by atoms with Crippen LogP contribution in [0, 0.1) is 0 Å². The summed E-state index contributed by atoms with van der Waals surface area (Å²) in [6.07, 6.45) is 3.90. The van der Waals surface area contributed by atoms with Crippen molar-refractivity contribution in [2.24, 2.45) is 0 Å². The lowest BCUT2D eigenvalue weighted by atomic mass is 9.99. The van der Waals surface area contributed by atoms with Gasteiger partial charge in [0.2, 0.25) is 0 Å². The molecule has 1 fully saturated rings. The second kappa shape index (κ2) is 7.24. The number of aliphatic hydroxyl groups is 1. The topological polar surface area (TPSA) is 58.6 Å². The maximum absolute atomic E-state index is 11.8. The Labute approximate surface area is 107 Å². The fourth-order valence-electron chi connectivity index (χ4n) is 1.68. The number of nitrogens with one attached hydrogen (secondary N) is 1. The predicted molar refractivity (Wildman–Crippen MR) is 70.2 cm³/mol. The smallest absolute Gasteiger partial charge is 0.325 e. The van der Waals surface area contributed by atoms with Crippen LogP contribution in [0.3, 0.4) is 0 Å². The quantitative estimate of drug-likeness (QED) is 0.482. The zero-order valence-electron chi connectivity index (χ0n) is 10.7. The molecule has 0 bridgehead atoms. The van der Waals surface area contributed by atoms with Crippen LogP contribution in [0.25, 0.3) is 0 Å². The number of carbonyl (C=O) groups is 1. The van der Waals surface area contributed by atoms with E-state index >= 15 is 0 Å². The van der Waals surface area contributed by atoms with Crippen LogP contribution in [0.2, 0.25) is 0 Å². The fraction of sp³-hybridized carbons (Fsp3) is 0.917. The van der Waals surface area contributed by atoms with Crippen LogP contribution in [0.5, 0.6) is 0 Å². The Bertz CT molecular complexity index is 246. The van der Waals surface area contributed by atoms with E-state index in [-0.39, 0.29) is 12.6 Å². The van der Waals surface area contributed by atoms with Crippen LogP contribution in [0.15, 0.2) is 0 Å². The molecule has 1 saturated carbocycles. The second-order valence-electron chi connectivity index (χ2n) is 4.68. The summed E-state index contributed by atoms with van der Waals surface area (Å²) < 4.78 is 4.87. The normalized spacial score (nSPS) is 18.8. The van der Waals surface area contributed by atoms with Gasteiger partial charge >= 0.3 is 5.97 Å². The van der Waals surface area contributed by atoms with Crippen molar-refractivity contribution in [3.63, 3.8) is 0 Å². The van der Waals surface area contributed by atoms with E-state index in [1.165, 1.54) is 7.11 Å². The first-order chi connectivity index (χ1) is 8.12. The third kappa shape index (κ3) is 5.27. The van der Waals surface area contributed by atoms with Gasteiger partial charge in [-0.2, -0.15) is 11.8 Å². The van der Waals surface area contributed by atoms with Gasteiger partial charge < -0.3 is 9.84 Å². The van der Waals surface area contributed by atoms with Crippen LogP contribution < -0.4 is 5.32 Å². The lowest BCUT2D eigenvalue weighted by Gasteiger charge is -2.28. The molecule has 1 aliphatic carbocycles. The highest BCUT2D eigenvalue weighted by Crippen LogP contribution is 2.25. The average molecular weight is 261 g/mol. The summed E-state index contributed by atoms with van der Waals surface area (Å²) in [4.78, 5) is 11.8. The van der Waals surface area contributed by atoms with Crippen LogP contribution in [-0.4, -0.2) is 47.9 Å². The summed E-state index contributed by atoms with van der Waals surface area (Å²) in [5.74, 6) is 1.68. The minimum atomic E-state index is -0.553. The molecule has 0 radical (unpaired) electrons. The molecule has 0 aromatic carbocycles. The standard InChI is InChI=1S/C12H23NO3S/c1-12(11(15)16-2,13-10-4-5-10)6-9-17-8-3-7-14/h10,13-14H,3-9H2,1-2H3. The van der Waals surface area contributed by atoms with Crippen molar-refractivity contribution in [3.05, 3.63) is 0 Å². The van der Waals surface area contributed by atoms with E-state index in [0.29, 0.717) is 6.04 Å². The molecule has 0 spiro atoms. The maximum atomic E-state index is 11.8. The first-order valence-corrected chi connectivity index (χ1v) is 7.32. The third-order valence-electron chi connectivity index (χ3n) is 2.93. The first kappa shape index (κ1) is 14.8. The van der Waals surface area contributed by atoms with Crippen molar-refractivity contribution in [3.8, 4) is 0 Å². The Morgan fingerprint density at radius 2 is 2.24 bits per heavy atom. The molecule has 0 aromatic heterocycles. The first-order valence-electron chi connectivity index (χ1n) is 6.17. The van der Waals surface area contributed by atoms with Gasteiger partial charge in [-0.15, -0.1) is 0 Å². The van der Waals surface area contributed by atoms with Gasteiger partial charge in [-0.05, 0) is 44.1 Å². The Morgan fingerprint density at radius 3 is 2.76 bits per heavy atom. The molecule has 1 aliphatic rings. The minimum Gasteiger partial charge on any atom is -0.468 e. The number of rotatable bonds is 9. The molecule has 5 heteroatoms. The molecule has 4 nitrogen and oxygen atoms in total. The monoisotopic (exact) mass is 261 g/mol. The van der Waals surface area contributed by atoms with Gasteiger partial charge in [0, 0.05) is 12.6 Å². The molecular weight excluding hydrogens is 238 g/mol. The number of aliphatic hydroxyl groups excluding tert-OH is 1. The van der Waals surface area contributed by atoms with Crippen molar-refractivity contribution < 1.29 is 14.6 Å². The second-order valence-corrected chi connectivity index (χ2v) is 5.91. The van der Waals surface area contributed by atoms with Crippen LogP contribution in [-0.2, 0) is 9.53 Å².